The highest BCUT2D eigenvalue weighted by molar-refractivity contribution is 5.91. The molecule has 2 fully saturated rings. The van der Waals surface area contributed by atoms with E-state index in [9.17, 15) is 4.79 Å². The van der Waals surface area contributed by atoms with Crippen LogP contribution in [0.5, 0.6) is 5.75 Å². The van der Waals surface area contributed by atoms with Gasteiger partial charge in [0.2, 0.25) is 0 Å². The summed E-state index contributed by atoms with van der Waals surface area (Å²) in [6.07, 6.45) is 12.2. The molecule has 0 bridgehead atoms. The zero-order valence-corrected chi connectivity index (χ0v) is 23.9. The van der Waals surface area contributed by atoms with E-state index in [1.165, 1.54) is 25.7 Å². The first-order chi connectivity index (χ1) is 16.9. The quantitative estimate of drug-likeness (QED) is 0.322. The molecule has 0 amide bonds. The van der Waals surface area contributed by atoms with E-state index in [1.54, 1.807) is 49.9 Å². The van der Waals surface area contributed by atoms with E-state index in [-0.39, 0.29) is 5.97 Å². The maximum Gasteiger partial charge on any atom is 0.343 e. The van der Waals surface area contributed by atoms with E-state index in [4.69, 9.17) is 4.74 Å². The molecule has 2 heteroatoms. The Morgan fingerprint density at radius 3 is 1.31 bits per heavy atom. The molecule has 0 radical (unpaired) electrons. The molecular formula is C33H52O2. The fourth-order valence-electron chi connectivity index (χ4n) is 4.98. The number of carbonyl (C=O) groups excluding carboxylic acids is 1. The molecule has 2 aromatic rings. The Bertz CT molecular complexity index is 770. The van der Waals surface area contributed by atoms with Crippen LogP contribution in [0, 0.1) is 37.5 Å². The molecule has 196 valence electrons. The first kappa shape index (κ1) is 30.9. The Hall–Kier alpha value is -2.09. The number of hydrogen-bond acceptors (Lipinski definition) is 2. The molecule has 2 aliphatic rings. The summed E-state index contributed by atoms with van der Waals surface area (Å²) >= 11 is 0. The van der Waals surface area contributed by atoms with Gasteiger partial charge in [0.15, 0.2) is 0 Å². The summed E-state index contributed by atoms with van der Waals surface area (Å²) in [6, 6.07) is 14.7. The van der Waals surface area contributed by atoms with Gasteiger partial charge >= 0.3 is 5.97 Å². The molecule has 2 aromatic carbocycles. The summed E-state index contributed by atoms with van der Waals surface area (Å²) in [5.74, 6) is 4.51. The summed E-state index contributed by atoms with van der Waals surface area (Å²) in [6.45, 7) is 16.8. The van der Waals surface area contributed by atoms with Gasteiger partial charge in [0.1, 0.15) is 5.75 Å². The smallest absolute Gasteiger partial charge is 0.343 e. The molecule has 0 aliphatic heterocycles. The van der Waals surface area contributed by atoms with Gasteiger partial charge in [0.25, 0.3) is 0 Å². The van der Waals surface area contributed by atoms with E-state index in [2.05, 4.69) is 13.8 Å². The second kappa shape index (κ2) is 17.4. The lowest BCUT2D eigenvalue weighted by atomic mass is 9.70. The molecule has 35 heavy (non-hydrogen) atoms. The van der Waals surface area contributed by atoms with Gasteiger partial charge in [-0.2, -0.15) is 0 Å². The lowest BCUT2D eigenvalue weighted by Crippen LogP contribution is -2.24. The maximum atomic E-state index is 11.8. The first-order valence-electron chi connectivity index (χ1n) is 14.3. The lowest BCUT2D eigenvalue weighted by Gasteiger charge is -2.36. The van der Waals surface area contributed by atoms with Crippen LogP contribution in [0.4, 0.5) is 0 Å². The van der Waals surface area contributed by atoms with E-state index < -0.39 is 0 Å². The van der Waals surface area contributed by atoms with Crippen molar-refractivity contribution in [3.8, 4) is 5.75 Å². The molecule has 0 saturated heterocycles. The fraction of sp³-hybridized carbons (Fsp3) is 0.606. The minimum Gasteiger partial charge on any atom is -0.423 e. The fourth-order valence-corrected chi connectivity index (χ4v) is 4.98. The summed E-state index contributed by atoms with van der Waals surface area (Å²) in [4.78, 5) is 11.8. The Balaban J connectivity index is 0.000000311. The van der Waals surface area contributed by atoms with Crippen LogP contribution in [-0.2, 0) is 0 Å². The second-order valence-electron chi connectivity index (χ2n) is 10.1. The highest BCUT2D eigenvalue weighted by Gasteiger charge is 2.28. The van der Waals surface area contributed by atoms with Gasteiger partial charge in [-0.25, -0.2) is 4.79 Å². The van der Waals surface area contributed by atoms with Crippen LogP contribution in [0.3, 0.4) is 0 Å². The topological polar surface area (TPSA) is 26.3 Å². The first-order valence-corrected chi connectivity index (χ1v) is 14.3. The number of esters is 1. The molecule has 2 nitrogen and oxygen atoms in total. The van der Waals surface area contributed by atoms with Gasteiger partial charge in [-0.3, -0.25) is 0 Å². The van der Waals surface area contributed by atoms with Gasteiger partial charge in [0.05, 0.1) is 5.56 Å². The van der Waals surface area contributed by atoms with Crippen LogP contribution < -0.4 is 4.74 Å². The van der Waals surface area contributed by atoms with Crippen molar-refractivity contribution in [1.29, 1.82) is 0 Å². The maximum absolute atomic E-state index is 11.8. The van der Waals surface area contributed by atoms with Gasteiger partial charge in [-0.15, -0.1) is 0 Å². The highest BCUT2D eigenvalue weighted by Crippen LogP contribution is 2.40. The molecule has 0 unspecified atom stereocenters. The Kier molecular flexibility index (Phi) is 15.3. The van der Waals surface area contributed by atoms with Gasteiger partial charge in [-0.1, -0.05) is 103 Å². The van der Waals surface area contributed by atoms with Gasteiger partial charge in [-0.05, 0) is 87.5 Å². The van der Waals surface area contributed by atoms with Gasteiger partial charge < -0.3 is 4.74 Å². The van der Waals surface area contributed by atoms with Gasteiger partial charge in [0, 0.05) is 0 Å². The minimum absolute atomic E-state index is 0.325. The molecule has 0 heterocycles. The predicted molar refractivity (Wildman–Crippen MR) is 152 cm³/mol. The van der Waals surface area contributed by atoms with E-state index in [1.807, 2.05) is 65.8 Å². The molecule has 0 N–H and O–H groups in total. The van der Waals surface area contributed by atoms with Crippen molar-refractivity contribution in [2.75, 3.05) is 0 Å². The average Bonchev–Trinajstić information content (AvgIpc) is 2.90. The second-order valence-corrected chi connectivity index (χ2v) is 10.1. The van der Waals surface area contributed by atoms with E-state index in [0.717, 1.165) is 34.8 Å². The Morgan fingerprint density at radius 1 is 0.600 bits per heavy atom. The predicted octanol–water partition coefficient (Wildman–Crippen LogP) is 10.2. The molecule has 4 rings (SSSR count). The molecule has 0 aromatic heterocycles. The van der Waals surface area contributed by atoms with E-state index in [0.29, 0.717) is 11.3 Å². The Labute approximate surface area is 216 Å². The lowest BCUT2D eigenvalue weighted by molar-refractivity contribution is 0.0734. The van der Waals surface area contributed by atoms with Crippen LogP contribution in [0.15, 0.2) is 48.5 Å². The molecule has 0 spiro atoms. The normalized spacial score (nSPS) is 23.2. The van der Waals surface area contributed by atoms with Crippen LogP contribution >= 0.6 is 0 Å². The van der Waals surface area contributed by atoms with Crippen molar-refractivity contribution in [3.63, 3.8) is 0 Å². The number of rotatable bonds is 3. The molecule has 2 saturated carbocycles. The third-order valence-electron chi connectivity index (χ3n) is 7.31. The average molecular weight is 481 g/mol. The highest BCUT2D eigenvalue weighted by atomic mass is 16.5. The summed E-state index contributed by atoms with van der Waals surface area (Å²) < 4.78 is 5.26. The van der Waals surface area contributed by atoms with Crippen molar-refractivity contribution >= 4 is 5.97 Å². The van der Waals surface area contributed by atoms with Crippen LogP contribution in [0.2, 0.25) is 0 Å². The largest absolute Gasteiger partial charge is 0.423 e. The zero-order valence-electron chi connectivity index (χ0n) is 23.9. The number of carbonyl (C=O) groups is 1. The van der Waals surface area contributed by atoms with Crippen LogP contribution in [-0.4, -0.2) is 5.97 Å². The van der Waals surface area contributed by atoms with E-state index >= 15 is 0 Å². The molecule has 2 aliphatic carbocycles. The molecular weight excluding hydrogens is 428 g/mol. The minimum atomic E-state index is -0.325. The Morgan fingerprint density at radius 2 is 0.943 bits per heavy atom. The van der Waals surface area contributed by atoms with Crippen molar-refractivity contribution in [3.05, 3.63) is 65.2 Å². The van der Waals surface area contributed by atoms with Crippen molar-refractivity contribution in [1.82, 2.24) is 0 Å². The zero-order chi connectivity index (χ0) is 26.2. The van der Waals surface area contributed by atoms with Crippen LogP contribution in [0.1, 0.15) is 114 Å². The monoisotopic (exact) mass is 480 g/mol. The van der Waals surface area contributed by atoms with Crippen LogP contribution in [0.25, 0.3) is 0 Å². The number of benzene rings is 2. The number of hydrogen-bond donors (Lipinski definition) is 0. The van der Waals surface area contributed by atoms with Crippen molar-refractivity contribution in [2.45, 2.75) is 107 Å². The third-order valence-corrected chi connectivity index (χ3v) is 7.31. The summed E-state index contributed by atoms with van der Waals surface area (Å²) in [5, 5.41) is 0. The van der Waals surface area contributed by atoms with Crippen molar-refractivity contribution < 1.29 is 9.53 Å². The number of ether oxygens (including phenoxy) is 1. The third kappa shape index (κ3) is 11.5. The summed E-state index contributed by atoms with van der Waals surface area (Å²) in [7, 11) is 0. The standard InChI is InChI=1S/C15H14O2.C14H26.2C2H6/c1-11-3-7-13(8-4-11)15(16)17-14-9-5-12(2)6-10-14;1-11-3-7-13(8-4-11)14-9-5-12(2)6-10-14;2*1-2/h3-10H,1-2H3;11-14H,3-10H2,1-2H3;2*1-2H3. The van der Waals surface area contributed by atoms with Crippen molar-refractivity contribution in [2.24, 2.45) is 23.7 Å². The summed E-state index contributed by atoms with van der Waals surface area (Å²) in [5.41, 5.74) is 2.83. The SMILES string of the molecule is CC.CC.CC1CCC(C2CCC(C)CC2)CC1.Cc1ccc(OC(=O)c2ccc(C)cc2)cc1. The number of aryl methyl sites for hydroxylation is 2. The molecule has 0 atom stereocenters.